The summed E-state index contributed by atoms with van der Waals surface area (Å²) in [5, 5.41) is 0. The average Bonchev–Trinajstić information content (AvgIpc) is 2.41. The second-order valence-corrected chi connectivity index (χ2v) is 6.97. The van der Waals surface area contributed by atoms with Gasteiger partial charge in [0.1, 0.15) is 11.4 Å². The van der Waals surface area contributed by atoms with Gasteiger partial charge in [-0.15, -0.1) is 0 Å². The number of nitrogens with two attached hydrogens (primary N) is 1. The Morgan fingerprint density at radius 1 is 1.32 bits per heavy atom. The predicted octanol–water partition coefficient (Wildman–Crippen LogP) is 3.83. The number of carbonyl (C=O) groups excluding carboxylic acids is 1. The van der Waals surface area contributed by atoms with E-state index < -0.39 is 5.60 Å². The Balaban J connectivity index is 2.01. The number of anilines is 1. The minimum Gasteiger partial charge on any atom is -0.444 e. The lowest BCUT2D eigenvalue weighted by atomic mass is 9.88. The van der Waals surface area contributed by atoms with Gasteiger partial charge >= 0.3 is 6.09 Å². The van der Waals surface area contributed by atoms with Gasteiger partial charge in [0.25, 0.3) is 0 Å². The minimum atomic E-state index is -0.495. The Labute approximate surface area is 131 Å². The maximum Gasteiger partial charge on any atom is 0.410 e. The van der Waals surface area contributed by atoms with E-state index in [-0.39, 0.29) is 17.8 Å². The molecule has 0 bridgehead atoms. The lowest BCUT2D eigenvalue weighted by Gasteiger charge is -2.33. The van der Waals surface area contributed by atoms with E-state index in [2.05, 4.69) is 0 Å². The monoisotopic (exact) mass is 308 g/mol. The van der Waals surface area contributed by atoms with Crippen molar-refractivity contribution in [3.63, 3.8) is 0 Å². The van der Waals surface area contributed by atoms with E-state index in [1.165, 1.54) is 6.07 Å². The molecule has 2 rings (SSSR count). The topological polar surface area (TPSA) is 55.6 Å². The number of ether oxygens (including phenoxy) is 1. The zero-order chi connectivity index (χ0) is 16.5. The molecule has 0 unspecified atom stereocenters. The van der Waals surface area contributed by atoms with Crippen LogP contribution in [-0.4, -0.2) is 29.7 Å². The second-order valence-electron chi connectivity index (χ2n) is 6.97. The molecule has 1 heterocycles. The van der Waals surface area contributed by atoms with Gasteiger partial charge in [0.2, 0.25) is 0 Å². The molecule has 122 valence electrons. The molecule has 22 heavy (non-hydrogen) atoms. The van der Waals surface area contributed by atoms with Crippen LogP contribution >= 0.6 is 0 Å². The van der Waals surface area contributed by atoms with Crippen molar-refractivity contribution in [2.75, 3.05) is 18.8 Å². The zero-order valence-electron chi connectivity index (χ0n) is 13.8. The summed E-state index contributed by atoms with van der Waals surface area (Å²) in [6, 6.07) is 3.23. The summed E-state index contributed by atoms with van der Waals surface area (Å²) in [6.45, 7) is 8.50. The molecule has 1 amide bonds. The highest BCUT2D eigenvalue weighted by atomic mass is 19.1. The van der Waals surface area contributed by atoms with Crippen LogP contribution in [-0.2, 0) is 4.74 Å². The molecule has 0 atom stereocenters. The lowest BCUT2D eigenvalue weighted by Crippen LogP contribution is -2.41. The van der Waals surface area contributed by atoms with Crippen molar-refractivity contribution in [1.82, 2.24) is 4.90 Å². The summed E-state index contributed by atoms with van der Waals surface area (Å²) >= 11 is 0. The number of benzene rings is 1. The number of carbonyl (C=O) groups is 1. The van der Waals surface area contributed by atoms with Gasteiger partial charge in [0, 0.05) is 18.8 Å². The SMILES string of the molecule is Cc1cc(F)c(C2CCN(C(=O)OC(C)(C)C)CC2)cc1N. The highest BCUT2D eigenvalue weighted by Gasteiger charge is 2.28. The van der Waals surface area contributed by atoms with Crippen molar-refractivity contribution in [2.24, 2.45) is 0 Å². The van der Waals surface area contributed by atoms with Gasteiger partial charge in [-0.05, 0) is 69.7 Å². The van der Waals surface area contributed by atoms with Crippen LogP contribution in [0, 0.1) is 12.7 Å². The smallest absolute Gasteiger partial charge is 0.410 e. The van der Waals surface area contributed by atoms with Crippen LogP contribution in [0.25, 0.3) is 0 Å². The van der Waals surface area contributed by atoms with Crippen LogP contribution in [0.1, 0.15) is 50.7 Å². The van der Waals surface area contributed by atoms with Gasteiger partial charge in [-0.3, -0.25) is 0 Å². The Morgan fingerprint density at radius 3 is 2.45 bits per heavy atom. The number of hydrogen-bond donors (Lipinski definition) is 1. The van der Waals surface area contributed by atoms with E-state index in [0.29, 0.717) is 24.3 Å². The number of nitrogen functional groups attached to an aromatic ring is 1. The third-order valence-electron chi connectivity index (χ3n) is 3.97. The maximum atomic E-state index is 14.1. The molecule has 4 nitrogen and oxygen atoms in total. The van der Waals surface area contributed by atoms with Crippen LogP contribution in [0.2, 0.25) is 0 Å². The Kier molecular flexibility index (Phi) is 4.63. The summed E-state index contributed by atoms with van der Waals surface area (Å²) < 4.78 is 19.5. The van der Waals surface area contributed by atoms with E-state index in [9.17, 15) is 9.18 Å². The Bertz CT molecular complexity index is 559. The lowest BCUT2D eigenvalue weighted by molar-refractivity contribution is 0.0204. The van der Waals surface area contributed by atoms with Crippen molar-refractivity contribution < 1.29 is 13.9 Å². The fraction of sp³-hybridized carbons (Fsp3) is 0.588. The van der Waals surface area contributed by atoms with E-state index in [0.717, 1.165) is 18.4 Å². The second kappa shape index (κ2) is 6.15. The van der Waals surface area contributed by atoms with Crippen molar-refractivity contribution in [2.45, 2.75) is 52.1 Å². The number of piperidine rings is 1. The molecule has 0 radical (unpaired) electrons. The molecule has 0 aliphatic carbocycles. The highest BCUT2D eigenvalue weighted by molar-refractivity contribution is 5.68. The molecular formula is C17H25FN2O2. The maximum absolute atomic E-state index is 14.1. The Morgan fingerprint density at radius 2 is 1.91 bits per heavy atom. The highest BCUT2D eigenvalue weighted by Crippen LogP contribution is 2.32. The van der Waals surface area contributed by atoms with Gasteiger partial charge in [-0.25, -0.2) is 9.18 Å². The fourth-order valence-corrected chi connectivity index (χ4v) is 2.72. The summed E-state index contributed by atoms with van der Waals surface area (Å²) in [4.78, 5) is 13.7. The molecule has 1 aliphatic rings. The first kappa shape index (κ1) is 16.6. The molecule has 1 fully saturated rings. The molecule has 0 spiro atoms. The zero-order valence-corrected chi connectivity index (χ0v) is 13.8. The van der Waals surface area contributed by atoms with Crippen molar-refractivity contribution >= 4 is 11.8 Å². The van der Waals surface area contributed by atoms with Crippen LogP contribution in [0.15, 0.2) is 12.1 Å². The summed E-state index contributed by atoms with van der Waals surface area (Å²) in [5.74, 6) is -0.107. The summed E-state index contributed by atoms with van der Waals surface area (Å²) in [6.07, 6.45) is 1.15. The van der Waals surface area contributed by atoms with Gasteiger partial charge in [-0.2, -0.15) is 0 Å². The molecule has 2 N–H and O–H groups in total. The largest absolute Gasteiger partial charge is 0.444 e. The molecule has 1 aliphatic heterocycles. The summed E-state index contributed by atoms with van der Waals surface area (Å²) in [5.41, 5.74) is 7.43. The standard InChI is InChI=1S/C17H25FN2O2/c1-11-9-14(18)13(10-15(11)19)12-5-7-20(8-6-12)16(21)22-17(2,3)4/h9-10,12H,5-8,19H2,1-4H3. The molecule has 0 saturated carbocycles. The van der Waals surface area contributed by atoms with E-state index >= 15 is 0 Å². The number of likely N-dealkylation sites (tertiary alicyclic amines) is 1. The van der Waals surface area contributed by atoms with Crippen molar-refractivity contribution in [1.29, 1.82) is 0 Å². The Hall–Kier alpha value is -1.78. The number of halogens is 1. The third kappa shape index (κ3) is 3.90. The minimum absolute atomic E-state index is 0.0987. The van der Waals surface area contributed by atoms with Crippen LogP contribution < -0.4 is 5.73 Å². The normalized spacial score (nSPS) is 16.7. The van der Waals surface area contributed by atoms with Gasteiger partial charge in [-0.1, -0.05) is 0 Å². The van der Waals surface area contributed by atoms with Crippen LogP contribution in [0.5, 0.6) is 0 Å². The first-order chi connectivity index (χ1) is 10.2. The first-order valence-electron chi connectivity index (χ1n) is 7.71. The number of nitrogens with zero attached hydrogens (tertiary/aromatic N) is 1. The third-order valence-corrected chi connectivity index (χ3v) is 3.97. The van der Waals surface area contributed by atoms with E-state index in [1.807, 2.05) is 20.8 Å². The van der Waals surface area contributed by atoms with Crippen LogP contribution in [0.3, 0.4) is 0 Å². The first-order valence-corrected chi connectivity index (χ1v) is 7.71. The van der Waals surface area contributed by atoms with E-state index in [1.54, 1.807) is 17.9 Å². The molecule has 5 heteroatoms. The number of aryl methyl sites for hydroxylation is 1. The molecule has 1 aromatic rings. The number of rotatable bonds is 1. The number of amides is 1. The molecular weight excluding hydrogens is 283 g/mol. The average molecular weight is 308 g/mol. The fourth-order valence-electron chi connectivity index (χ4n) is 2.72. The van der Waals surface area contributed by atoms with Crippen LogP contribution in [0.4, 0.5) is 14.9 Å². The predicted molar refractivity (Wildman–Crippen MR) is 85.3 cm³/mol. The number of hydrogen-bond acceptors (Lipinski definition) is 3. The quantitative estimate of drug-likeness (QED) is 0.802. The van der Waals surface area contributed by atoms with Crippen molar-refractivity contribution in [3.8, 4) is 0 Å². The van der Waals surface area contributed by atoms with Gasteiger partial charge in [0.05, 0.1) is 0 Å². The molecule has 1 saturated heterocycles. The van der Waals surface area contributed by atoms with E-state index in [4.69, 9.17) is 10.5 Å². The van der Waals surface area contributed by atoms with Crippen molar-refractivity contribution in [3.05, 3.63) is 29.1 Å². The molecule has 0 aromatic heterocycles. The van der Waals surface area contributed by atoms with Gasteiger partial charge in [0.15, 0.2) is 0 Å². The summed E-state index contributed by atoms with van der Waals surface area (Å²) in [7, 11) is 0. The van der Waals surface area contributed by atoms with Gasteiger partial charge < -0.3 is 15.4 Å². The molecule has 1 aromatic carbocycles.